The van der Waals surface area contributed by atoms with E-state index in [1.165, 1.54) is 12.1 Å². The summed E-state index contributed by atoms with van der Waals surface area (Å²) in [4.78, 5) is 39.7. The number of rotatable bonds is 6. The van der Waals surface area contributed by atoms with Gasteiger partial charge >= 0.3 is 5.97 Å². The third-order valence-electron chi connectivity index (χ3n) is 4.93. The van der Waals surface area contributed by atoms with Crippen LogP contribution >= 0.6 is 0 Å². The highest BCUT2D eigenvalue weighted by molar-refractivity contribution is 6.04. The van der Waals surface area contributed by atoms with Crippen LogP contribution in [0.1, 0.15) is 26.3 Å². The van der Waals surface area contributed by atoms with Crippen molar-refractivity contribution >= 4 is 28.5 Å². The summed E-state index contributed by atoms with van der Waals surface area (Å²) in [6, 6.07) is 22.0. The Morgan fingerprint density at radius 3 is 2.41 bits per heavy atom. The van der Waals surface area contributed by atoms with Crippen LogP contribution in [0.5, 0.6) is 0 Å². The molecule has 4 aromatic rings. The van der Waals surface area contributed by atoms with Crippen LogP contribution < -0.4 is 5.73 Å². The fourth-order valence-electron chi connectivity index (χ4n) is 3.33. The highest BCUT2D eigenvalue weighted by Crippen LogP contribution is 2.26. The van der Waals surface area contributed by atoms with Gasteiger partial charge in [-0.3, -0.25) is 14.9 Å². The van der Waals surface area contributed by atoms with E-state index >= 15 is 0 Å². The normalized spacial score (nSPS) is 10.6. The predicted molar refractivity (Wildman–Crippen MR) is 118 cm³/mol. The molecule has 0 aliphatic heterocycles. The Labute approximate surface area is 182 Å². The van der Waals surface area contributed by atoms with Crippen LogP contribution in [0.3, 0.4) is 0 Å². The maximum Gasteiger partial charge on any atom is 0.339 e. The van der Waals surface area contributed by atoms with Gasteiger partial charge < -0.3 is 10.5 Å². The topological polar surface area (TPSA) is 125 Å². The van der Waals surface area contributed by atoms with Gasteiger partial charge in [0.2, 0.25) is 5.91 Å². The number of primary amides is 1. The van der Waals surface area contributed by atoms with Gasteiger partial charge in [-0.25, -0.2) is 9.78 Å². The second-order valence-corrected chi connectivity index (χ2v) is 6.98. The summed E-state index contributed by atoms with van der Waals surface area (Å²) in [7, 11) is 0. The number of carbonyl (C=O) groups is 2. The number of nitrogens with zero attached hydrogens (tertiary/aromatic N) is 2. The number of amides is 1. The van der Waals surface area contributed by atoms with Gasteiger partial charge in [0.1, 0.15) is 6.61 Å². The zero-order chi connectivity index (χ0) is 22.7. The molecule has 0 unspecified atom stereocenters. The summed E-state index contributed by atoms with van der Waals surface area (Å²) in [5.41, 5.74) is 7.35. The van der Waals surface area contributed by atoms with Crippen molar-refractivity contribution in [1.82, 2.24) is 4.98 Å². The lowest BCUT2D eigenvalue weighted by atomic mass is 10.0. The monoisotopic (exact) mass is 427 g/mol. The molecule has 8 heteroatoms. The zero-order valence-electron chi connectivity index (χ0n) is 16.7. The third-order valence-corrected chi connectivity index (χ3v) is 4.93. The van der Waals surface area contributed by atoms with Crippen LogP contribution in [0.4, 0.5) is 5.69 Å². The van der Waals surface area contributed by atoms with Crippen molar-refractivity contribution in [3.05, 3.63) is 106 Å². The Bertz CT molecular complexity index is 1350. The van der Waals surface area contributed by atoms with Crippen LogP contribution in [-0.2, 0) is 11.3 Å². The summed E-state index contributed by atoms with van der Waals surface area (Å²) in [5, 5.41) is 12.0. The van der Waals surface area contributed by atoms with Crippen molar-refractivity contribution in [3.8, 4) is 11.3 Å². The van der Waals surface area contributed by atoms with E-state index in [0.717, 1.165) is 11.6 Å². The first kappa shape index (κ1) is 20.7. The number of fused-ring (bicyclic) bond motifs is 1. The highest BCUT2D eigenvalue weighted by atomic mass is 16.6. The Hall–Kier alpha value is -4.59. The molecular weight excluding hydrogens is 410 g/mol. The Balaban J connectivity index is 1.68. The van der Waals surface area contributed by atoms with Gasteiger partial charge in [-0.15, -0.1) is 0 Å². The van der Waals surface area contributed by atoms with Gasteiger partial charge in [0.05, 0.1) is 27.3 Å². The number of hydrogen-bond acceptors (Lipinski definition) is 6. The number of benzene rings is 3. The van der Waals surface area contributed by atoms with E-state index in [2.05, 4.69) is 4.98 Å². The molecule has 2 N–H and O–H groups in total. The molecule has 0 fully saturated rings. The fourth-order valence-corrected chi connectivity index (χ4v) is 3.33. The van der Waals surface area contributed by atoms with Crippen LogP contribution in [0, 0.1) is 10.1 Å². The molecular formula is C24H17N3O5. The van der Waals surface area contributed by atoms with Crippen molar-refractivity contribution in [3.63, 3.8) is 0 Å². The van der Waals surface area contributed by atoms with Gasteiger partial charge in [0.15, 0.2) is 0 Å². The minimum absolute atomic E-state index is 0.000549. The Kier molecular flexibility index (Phi) is 5.59. The lowest BCUT2D eigenvalue weighted by molar-refractivity contribution is -0.385. The lowest BCUT2D eigenvalue weighted by Gasteiger charge is -2.11. The van der Waals surface area contributed by atoms with E-state index in [9.17, 15) is 19.7 Å². The summed E-state index contributed by atoms with van der Waals surface area (Å²) < 4.78 is 5.42. The van der Waals surface area contributed by atoms with E-state index in [-0.39, 0.29) is 23.4 Å². The zero-order valence-corrected chi connectivity index (χ0v) is 16.7. The first-order chi connectivity index (χ1) is 15.4. The molecule has 0 saturated heterocycles. The molecule has 1 aromatic heterocycles. The average Bonchev–Trinajstić information content (AvgIpc) is 2.82. The Morgan fingerprint density at radius 2 is 1.69 bits per heavy atom. The molecule has 1 heterocycles. The molecule has 0 atom stereocenters. The molecule has 8 nitrogen and oxygen atoms in total. The quantitative estimate of drug-likeness (QED) is 0.278. The number of esters is 1. The molecule has 0 aliphatic rings. The van der Waals surface area contributed by atoms with E-state index in [1.54, 1.807) is 24.3 Å². The van der Waals surface area contributed by atoms with Crippen LogP contribution in [0.15, 0.2) is 78.9 Å². The summed E-state index contributed by atoms with van der Waals surface area (Å²) in [6.07, 6.45) is 0. The van der Waals surface area contributed by atoms with E-state index in [4.69, 9.17) is 10.5 Å². The van der Waals surface area contributed by atoms with E-state index in [1.807, 2.05) is 36.4 Å². The third kappa shape index (κ3) is 4.15. The standard InChI is InChI=1S/C24H17N3O5/c25-23(28)16-10-11-17(22(12-16)27(30)31)14-32-24(29)19-13-21(15-6-2-1-3-7-15)26-20-9-5-4-8-18(19)20/h1-13H,14H2,(H2,25,28). The van der Waals surface area contributed by atoms with Gasteiger partial charge in [-0.05, 0) is 24.3 Å². The number of nitro benzene ring substituents is 1. The SMILES string of the molecule is NC(=O)c1ccc(COC(=O)c2cc(-c3ccccc3)nc3ccccc23)c([N+](=O)[O-])c1. The maximum atomic E-state index is 13.0. The van der Waals surface area contributed by atoms with E-state index in [0.29, 0.717) is 22.2 Å². The molecule has 3 aromatic carbocycles. The van der Waals surface area contributed by atoms with Crippen LogP contribution in [-0.4, -0.2) is 21.8 Å². The van der Waals surface area contributed by atoms with Crippen LogP contribution in [0.25, 0.3) is 22.2 Å². The molecule has 4 rings (SSSR count). The molecule has 0 saturated carbocycles. The average molecular weight is 427 g/mol. The number of aromatic nitrogens is 1. The van der Waals surface area contributed by atoms with Gasteiger partial charge in [0, 0.05) is 22.6 Å². The number of para-hydroxylation sites is 1. The molecule has 1 amide bonds. The second-order valence-electron chi connectivity index (χ2n) is 6.98. The molecule has 32 heavy (non-hydrogen) atoms. The molecule has 158 valence electrons. The van der Waals surface area contributed by atoms with Crippen molar-refractivity contribution in [2.45, 2.75) is 6.61 Å². The molecule has 0 bridgehead atoms. The number of ether oxygens (including phenoxy) is 1. The Morgan fingerprint density at radius 1 is 0.969 bits per heavy atom. The van der Waals surface area contributed by atoms with E-state index < -0.39 is 16.8 Å². The largest absolute Gasteiger partial charge is 0.457 e. The second kappa shape index (κ2) is 8.65. The number of nitrogens with two attached hydrogens (primary N) is 1. The smallest absolute Gasteiger partial charge is 0.339 e. The summed E-state index contributed by atoms with van der Waals surface area (Å²) in [6.45, 7) is -0.342. The molecule has 0 spiro atoms. The fraction of sp³-hybridized carbons (Fsp3) is 0.0417. The first-order valence-electron chi connectivity index (χ1n) is 9.63. The summed E-state index contributed by atoms with van der Waals surface area (Å²) >= 11 is 0. The van der Waals surface area contributed by atoms with Gasteiger partial charge in [-0.1, -0.05) is 48.5 Å². The van der Waals surface area contributed by atoms with Crippen molar-refractivity contribution in [2.24, 2.45) is 5.73 Å². The van der Waals surface area contributed by atoms with Gasteiger partial charge in [0.25, 0.3) is 5.69 Å². The van der Waals surface area contributed by atoms with Crippen molar-refractivity contribution < 1.29 is 19.2 Å². The molecule has 0 radical (unpaired) electrons. The summed E-state index contributed by atoms with van der Waals surface area (Å²) in [5.74, 6) is -1.43. The number of hydrogen-bond donors (Lipinski definition) is 1. The number of carbonyl (C=O) groups excluding carboxylic acids is 2. The first-order valence-corrected chi connectivity index (χ1v) is 9.63. The van der Waals surface area contributed by atoms with Crippen molar-refractivity contribution in [2.75, 3.05) is 0 Å². The number of pyridine rings is 1. The number of nitro groups is 1. The van der Waals surface area contributed by atoms with Crippen LogP contribution in [0.2, 0.25) is 0 Å². The highest BCUT2D eigenvalue weighted by Gasteiger charge is 2.20. The minimum Gasteiger partial charge on any atom is -0.457 e. The van der Waals surface area contributed by atoms with Crippen molar-refractivity contribution in [1.29, 1.82) is 0 Å². The predicted octanol–water partition coefficient (Wildman–Crippen LogP) is 4.27. The lowest BCUT2D eigenvalue weighted by Crippen LogP contribution is -2.12. The maximum absolute atomic E-state index is 13.0. The molecule has 0 aliphatic carbocycles. The minimum atomic E-state index is -0.784. The van der Waals surface area contributed by atoms with Gasteiger partial charge in [-0.2, -0.15) is 0 Å².